The number of nitrogens with one attached hydrogen (secondary N) is 1. The van der Waals surface area contributed by atoms with E-state index in [0.717, 1.165) is 42.8 Å². The second-order valence-electron chi connectivity index (χ2n) is 11.5. The van der Waals surface area contributed by atoms with E-state index in [-0.39, 0.29) is 12.3 Å². The number of amides is 1. The van der Waals surface area contributed by atoms with E-state index in [1.807, 2.05) is 11.8 Å². The fourth-order valence-corrected chi connectivity index (χ4v) is 5.76. The number of hydrogen-bond donors (Lipinski definition) is 2. The van der Waals surface area contributed by atoms with Crippen LogP contribution >= 0.6 is 0 Å². The van der Waals surface area contributed by atoms with Crippen molar-refractivity contribution in [2.24, 2.45) is 0 Å². The van der Waals surface area contributed by atoms with Gasteiger partial charge in [0.15, 0.2) is 0 Å². The number of imidazole rings is 1. The monoisotopic (exact) mass is 486 g/mol. The van der Waals surface area contributed by atoms with Crippen LogP contribution in [-0.2, 0) is 4.79 Å². The minimum absolute atomic E-state index is 0.0502. The summed E-state index contributed by atoms with van der Waals surface area (Å²) in [6, 6.07) is 9.01. The first kappa shape index (κ1) is 24.6. The summed E-state index contributed by atoms with van der Waals surface area (Å²) in [6.45, 7) is 13.6. The third-order valence-corrected chi connectivity index (χ3v) is 7.53. The van der Waals surface area contributed by atoms with Crippen LogP contribution in [-0.4, -0.2) is 49.0 Å². The van der Waals surface area contributed by atoms with Crippen molar-refractivity contribution in [1.82, 2.24) is 19.3 Å². The Labute approximate surface area is 213 Å². The van der Waals surface area contributed by atoms with Crippen LogP contribution in [0, 0.1) is 13.8 Å². The lowest BCUT2D eigenvalue weighted by Gasteiger charge is -2.33. The number of nitrogens with zero attached hydrogens (tertiary/aromatic N) is 3. The standard InChI is InChI=1S/C30H38N4O2/c1-18(2)28-23-14-22(21-9-11-33(12-10-21)27(35)15-30(5,6)36)7-8-25(23)32-29(28)24-17-34-16-20(4)31-26(34)13-19(24)3/h7-8,13-14,16-18,21,32,36H,9-12,15H2,1-6H3. The first-order valence-corrected chi connectivity index (χ1v) is 13.1. The van der Waals surface area contributed by atoms with Crippen LogP contribution in [0.1, 0.15) is 81.2 Å². The van der Waals surface area contributed by atoms with E-state index in [4.69, 9.17) is 0 Å². The SMILES string of the molecule is Cc1cn2cc(-c3[nH]c4ccc(C5CCN(C(=O)CC(C)(C)O)CC5)cc4c3C(C)C)c(C)cc2n1. The number of aryl methyl sites for hydroxylation is 2. The van der Waals surface area contributed by atoms with Crippen molar-refractivity contribution in [3.8, 4) is 11.3 Å². The normalized spacial score (nSPS) is 15.5. The molecule has 0 radical (unpaired) electrons. The number of rotatable bonds is 5. The van der Waals surface area contributed by atoms with Gasteiger partial charge in [-0.05, 0) is 87.3 Å². The van der Waals surface area contributed by atoms with Crippen molar-refractivity contribution in [2.45, 2.75) is 78.2 Å². The fraction of sp³-hybridized carbons (Fsp3) is 0.467. The largest absolute Gasteiger partial charge is 0.390 e. The second kappa shape index (κ2) is 9.07. The van der Waals surface area contributed by atoms with Gasteiger partial charge < -0.3 is 19.4 Å². The van der Waals surface area contributed by atoms with Crippen LogP contribution in [0.25, 0.3) is 27.8 Å². The molecule has 1 aliphatic heterocycles. The fourth-order valence-electron chi connectivity index (χ4n) is 5.76. The van der Waals surface area contributed by atoms with Gasteiger partial charge >= 0.3 is 0 Å². The van der Waals surface area contributed by atoms with Gasteiger partial charge in [0.2, 0.25) is 5.91 Å². The third-order valence-electron chi connectivity index (χ3n) is 7.53. The molecule has 0 unspecified atom stereocenters. The molecule has 0 aliphatic carbocycles. The van der Waals surface area contributed by atoms with Crippen LogP contribution in [0.3, 0.4) is 0 Å². The highest BCUT2D eigenvalue weighted by Gasteiger charge is 2.28. The molecule has 0 spiro atoms. The second-order valence-corrected chi connectivity index (χ2v) is 11.5. The number of piperidine rings is 1. The summed E-state index contributed by atoms with van der Waals surface area (Å²) in [4.78, 5) is 22.8. The molecule has 6 nitrogen and oxygen atoms in total. The zero-order valence-corrected chi connectivity index (χ0v) is 22.4. The Hall–Kier alpha value is -3.12. The van der Waals surface area contributed by atoms with Crippen molar-refractivity contribution in [3.63, 3.8) is 0 Å². The molecule has 5 rings (SSSR count). The van der Waals surface area contributed by atoms with Gasteiger partial charge in [-0.25, -0.2) is 4.98 Å². The number of aliphatic hydroxyl groups is 1. The molecule has 1 fully saturated rings. The van der Waals surface area contributed by atoms with Crippen molar-refractivity contribution < 1.29 is 9.90 Å². The van der Waals surface area contributed by atoms with Crippen molar-refractivity contribution in [2.75, 3.05) is 13.1 Å². The van der Waals surface area contributed by atoms with E-state index < -0.39 is 5.60 Å². The number of aromatic amines is 1. The highest BCUT2D eigenvalue weighted by Crippen LogP contribution is 2.39. The van der Waals surface area contributed by atoms with Gasteiger partial charge in [0.05, 0.1) is 23.4 Å². The Kier molecular flexibility index (Phi) is 6.19. The Morgan fingerprint density at radius 2 is 1.89 bits per heavy atom. The summed E-state index contributed by atoms with van der Waals surface area (Å²) in [5, 5.41) is 11.3. The molecule has 4 heterocycles. The molecule has 190 valence electrons. The molecular weight excluding hydrogens is 448 g/mol. The Morgan fingerprint density at radius 1 is 1.17 bits per heavy atom. The predicted octanol–water partition coefficient (Wildman–Crippen LogP) is 6.09. The Balaban J connectivity index is 1.46. The number of benzene rings is 1. The predicted molar refractivity (Wildman–Crippen MR) is 146 cm³/mol. The maximum Gasteiger partial charge on any atom is 0.225 e. The van der Waals surface area contributed by atoms with E-state index in [1.54, 1.807) is 13.8 Å². The van der Waals surface area contributed by atoms with Crippen LogP contribution in [0.4, 0.5) is 0 Å². The lowest BCUT2D eigenvalue weighted by atomic mass is 9.87. The molecule has 1 aliphatic rings. The van der Waals surface area contributed by atoms with E-state index in [1.165, 1.54) is 33.3 Å². The van der Waals surface area contributed by atoms with Gasteiger partial charge in [-0.2, -0.15) is 0 Å². The van der Waals surface area contributed by atoms with Gasteiger partial charge in [0.1, 0.15) is 5.65 Å². The minimum Gasteiger partial charge on any atom is -0.390 e. The number of H-pyrrole nitrogens is 1. The Bertz CT molecular complexity index is 1430. The molecule has 3 aromatic heterocycles. The number of pyridine rings is 1. The van der Waals surface area contributed by atoms with E-state index >= 15 is 0 Å². The molecule has 36 heavy (non-hydrogen) atoms. The number of likely N-dealkylation sites (tertiary alicyclic amines) is 1. The topological polar surface area (TPSA) is 73.6 Å². The number of carbonyl (C=O) groups is 1. The van der Waals surface area contributed by atoms with Crippen molar-refractivity contribution in [3.05, 3.63) is 59.0 Å². The first-order chi connectivity index (χ1) is 17.0. The molecule has 1 amide bonds. The van der Waals surface area contributed by atoms with Gasteiger partial charge in [0, 0.05) is 41.9 Å². The number of carbonyl (C=O) groups excluding carboxylic acids is 1. The smallest absolute Gasteiger partial charge is 0.225 e. The maximum absolute atomic E-state index is 12.6. The summed E-state index contributed by atoms with van der Waals surface area (Å²) in [7, 11) is 0. The highest BCUT2D eigenvalue weighted by atomic mass is 16.3. The molecule has 6 heteroatoms. The van der Waals surface area contributed by atoms with E-state index in [2.05, 4.69) is 71.8 Å². The average molecular weight is 487 g/mol. The molecule has 1 aromatic carbocycles. The highest BCUT2D eigenvalue weighted by molar-refractivity contribution is 5.92. The van der Waals surface area contributed by atoms with E-state index in [9.17, 15) is 9.90 Å². The summed E-state index contributed by atoms with van der Waals surface area (Å²) in [5.41, 5.74) is 8.51. The lowest BCUT2D eigenvalue weighted by molar-refractivity contribution is -0.136. The van der Waals surface area contributed by atoms with Crippen LogP contribution in [0.15, 0.2) is 36.7 Å². The molecule has 2 N–H and O–H groups in total. The average Bonchev–Trinajstić information content (AvgIpc) is 3.36. The summed E-state index contributed by atoms with van der Waals surface area (Å²) >= 11 is 0. The third kappa shape index (κ3) is 4.66. The zero-order chi connectivity index (χ0) is 25.8. The molecule has 0 bridgehead atoms. The van der Waals surface area contributed by atoms with Crippen LogP contribution in [0.2, 0.25) is 0 Å². The number of hydrogen-bond acceptors (Lipinski definition) is 3. The zero-order valence-electron chi connectivity index (χ0n) is 22.4. The molecule has 1 saturated heterocycles. The van der Waals surface area contributed by atoms with Gasteiger partial charge in [-0.1, -0.05) is 19.9 Å². The molecule has 0 saturated carbocycles. The summed E-state index contributed by atoms with van der Waals surface area (Å²) in [6.07, 6.45) is 6.35. The quantitative estimate of drug-likeness (QED) is 0.358. The van der Waals surface area contributed by atoms with Crippen LogP contribution in [0.5, 0.6) is 0 Å². The molecule has 0 atom stereocenters. The van der Waals surface area contributed by atoms with Gasteiger partial charge in [-0.3, -0.25) is 4.79 Å². The van der Waals surface area contributed by atoms with E-state index in [0.29, 0.717) is 11.8 Å². The lowest BCUT2D eigenvalue weighted by Crippen LogP contribution is -2.41. The van der Waals surface area contributed by atoms with Gasteiger partial charge in [-0.15, -0.1) is 0 Å². The number of aromatic nitrogens is 3. The van der Waals surface area contributed by atoms with Gasteiger partial charge in [0.25, 0.3) is 0 Å². The molecule has 4 aromatic rings. The molecular formula is C30H38N4O2. The number of fused-ring (bicyclic) bond motifs is 2. The summed E-state index contributed by atoms with van der Waals surface area (Å²) in [5.74, 6) is 0.852. The minimum atomic E-state index is -0.961. The van der Waals surface area contributed by atoms with Crippen LogP contribution < -0.4 is 0 Å². The first-order valence-electron chi connectivity index (χ1n) is 13.1. The summed E-state index contributed by atoms with van der Waals surface area (Å²) < 4.78 is 2.12. The Morgan fingerprint density at radius 3 is 2.56 bits per heavy atom. The van der Waals surface area contributed by atoms with Crippen molar-refractivity contribution in [1.29, 1.82) is 0 Å². The maximum atomic E-state index is 12.6. The van der Waals surface area contributed by atoms with Crippen molar-refractivity contribution >= 4 is 22.5 Å².